The summed E-state index contributed by atoms with van der Waals surface area (Å²) < 4.78 is 0. The second-order valence-electron chi connectivity index (χ2n) is 4.14. The number of thiocarbonyl (C=S) groups is 1. The van der Waals surface area contributed by atoms with E-state index in [1.54, 1.807) is 6.07 Å². The Morgan fingerprint density at radius 1 is 1.06 bits per heavy atom. The number of anilines is 1. The van der Waals surface area contributed by atoms with Gasteiger partial charge in [-0.3, -0.25) is 0 Å². The van der Waals surface area contributed by atoms with E-state index in [4.69, 9.17) is 35.4 Å². The molecule has 0 aromatic heterocycles. The molecule has 92 valence electrons. The van der Waals surface area contributed by atoms with Gasteiger partial charge in [0.25, 0.3) is 0 Å². The molecule has 0 spiro atoms. The van der Waals surface area contributed by atoms with Crippen molar-refractivity contribution in [1.29, 1.82) is 0 Å². The molecule has 1 saturated heterocycles. The highest BCUT2D eigenvalue weighted by molar-refractivity contribution is 7.80. The van der Waals surface area contributed by atoms with Gasteiger partial charge in [0, 0.05) is 28.8 Å². The molecule has 0 bridgehead atoms. The van der Waals surface area contributed by atoms with E-state index >= 15 is 0 Å². The summed E-state index contributed by atoms with van der Waals surface area (Å²) in [7, 11) is 0. The van der Waals surface area contributed by atoms with Crippen LogP contribution in [0.5, 0.6) is 0 Å². The summed E-state index contributed by atoms with van der Waals surface area (Å²) in [6.07, 6.45) is 3.71. The standard InChI is InChI=1S/C12H14Cl2N2S/c13-9-6-10(14)8-11(7-9)15-12(17)16-4-2-1-3-5-16/h6-8H,1-5H2,(H,15,17). The van der Waals surface area contributed by atoms with Crippen LogP contribution in [0, 0.1) is 0 Å². The fourth-order valence-corrected chi connectivity index (χ4v) is 2.75. The third-order valence-electron chi connectivity index (χ3n) is 2.76. The van der Waals surface area contributed by atoms with E-state index in [0.717, 1.165) is 23.9 Å². The molecule has 0 saturated carbocycles. The highest BCUT2D eigenvalue weighted by atomic mass is 35.5. The van der Waals surface area contributed by atoms with E-state index in [2.05, 4.69) is 10.2 Å². The molecule has 0 radical (unpaired) electrons. The average Bonchev–Trinajstić information content (AvgIpc) is 2.28. The van der Waals surface area contributed by atoms with Gasteiger partial charge in [-0.2, -0.15) is 0 Å². The molecule has 1 aromatic carbocycles. The summed E-state index contributed by atoms with van der Waals surface area (Å²) in [6, 6.07) is 5.35. The van der Waals surface area contributed by atoms with E-state index in [1.165, 1.54) is 19.3 Å². The SMILES string of the molecule is S=C(Nc1cc(Cl)cc(Cl)c1)N1CCCCC1. The van der Waals surface area contributed by atoms with Crippen LogP contribution in [0.2, 0.25) is 10.0 Å². The molecular formula is C12H14Cl2N2S. The van der Waals surface area contributed by atoms with Gasteiger partial charge in [0.05, 0.1) is 0 Å². The largest absolute Gasteiger partial charge is 0.349 e. The van der Waals surface area contributed by atoms with Crippen LogP contribution in [0.25, 0.3) is 0 Å². The maximum absolute atomic E-state index is 5.94. The van der Waals surface area contributed by atoms with E-state index < -0.39 is 0 Å². The number of nitrogens with one attached hydrogen (secondary N) is 1. The molecule has 1 heterocycles. The molecule has 0 aliphatic carbocycles. The van der Waals surface area contributed by atoms with Gasteiger partial charge in [-0.05, 0) is 49.7 Å². The Kier molecular flexibility index (Phi) is 4.48. The first-order chi connectivity index (χ1) is 8.15. The van der Waals surface area contributed by atoms with E-state index in [9.17, 15) is 0 Å². The molecule has 2 nitrogen and oxygen atoms in total. The first-order valence-corrected chi connectivity index (χ1v) is 6.83. The zero-order valence-corrected chi connectivity index (χ0v) is 11.7. The van der Waals surface area contributed by atoms with E-state index in [1.807, 2.05) is 12.1 Å². The minimum absolute atomic E-state index is 0.612. The van der Waals surface area contributed by atoms with Crippen LogP contribution in [0.3, 0.4) is 0 Å². The van der Waals surface area contributed by atoms with E-state index in [-0.39, 0.29) is 0 Å². The lowest BCUT2D eigenvalue weighted by atomic mass is 10.1. The normalized spacial score (nSPS) is 15.8. The van der Waals surface area contributed by atoms with E-state index in [0.29, 0.717) is 10.0 Å². The molecule has 2 rings (SSSR count). The Hall–Kier alpha value is -0.510. The molecule has 1 fully saturated rings. The quantitative estimate of drug-likeness (QED) is 0.781. The zero-order chi connectivity index (χ0) is 12.3. The molecule has 5 heteroatoms. The first kappa shape index (κ1) is 12.9. The Morgan fingerprint density at radius 2 is 1.65 bits per heavy atom. The maximum atomic E-state index is 5.94. The van der Waals surface area contributed by atoms with Crippen LogP contribution in [-0.2, 0) is 0 Å². The van der Waals surface area contributed by atoms with Crippen molar-refractivity contribution < 1.29 is 0 Å². The van der Waals surface area contributed by atoms with Gasteiger partial charge in [-0.25, -0.2) is 0 Å². The summed E-state index contributed by atoms with van der Waals surface area (Å²) in [4.78, 5) is 2.19. The Morgan fingerprint density at radius 3 is 2.24 bits per heavy atom. The second-order valence-corrected chi connectivity index (χ2v) is 5.40. The summed E-state index contributed by atoms with van der Waals surface area (Å²) in [5.74, 6) is 0. The van der Waals surface area contributed by atoms with Crippen LogP contribution in [-0.4, -0.2) is 23.1 Å². The van der Waals surface area contributed by atoms with Crippen molar-refractivity contribution in [3.05, 3.63) is 28.2 Å². The second kappa shape index (κ2) is 5.89. The predicted octanol–water partition coefficient (Wildman–Crippen LogP) is 4.18. The van der Waals surface area contributed by atoms with Crippen molar-refractivity contribution in [2.75, 3.05) is 18.4 Å². The van der Waals surface area contributed by atoms with Crippen molar-refractivity contribution in [3.8, 4) is 0 Å². The molecule has 0 amide bonds. The Labute approximate surface area is 117 Å². The van der Waals surface area contributed by atoms with Crippen LogP contribution < -0.4 is 5.32 Å². The number of hydrogen-bond acceptors (Lipinski definition) is 1. The number of piperidine rings is 1. The molecule has 1 aliphatic heterocycles. The van der Waals surface area contributed by atoms with Gasteiger partial charge < -0.3 is 10.2 Å². The predicted molar refractivity (Wildman–Crippen MR) is 78.1 cm³/mol. The lowest BCUT2D eigenvalue weighted by molar-refractivity contribution is 0.346. The van der Waals surface area contributed by atoms with Gasteiger partial charge in [-0.1, -0.05) is 23.2 Å². The third-order valence-corrected chi connectivity index (χ3v) is 3.55. The number of halogens is 2. The van der Waals surface area contributed by atoms with Crippen LogP contribution in [0.4, 0.5) is 5.69 Å². The summed E-state index contributed by atoms with van der Waals surface area (Å²) in [6.45, 7) is 2.06. The van der Waals surface area contributed by atoms with Gasteiger partial charge in [0.1, 0.15) is 0 Å². The number of rotatable bonds is 1. The summed E-state index contributed by atoms with van der Waals surface area (Å²) in [5.41, 5.74) is 0.845. The van der Waals surface area contributed by atoms with Crippen molar-refractivity contribution in [2.24, 2.45) is 0 Å². The van der Waals surface area contributed by atoms with Crippen LogP contribution >= 0.6 is 35.4 Å². The monoisotopic (exact) mass is 288 g/mol. The van der Waals surface area contributed by atoms with Gasteiger partial charge in [0.2, 0.25) is 0 Å². The van der Waals surface area contributed by atoms with Gasteiger partial charge >= 0.3 is 0 Å². The zero-order valence-electron chi connectivity index (χ0n) is 9.38. The smallest absolute Gasteiger partial charge is 0.173 e. The van der Waals surface area contributed by atoms with Crippen molar-refractivity contribution in [1.82, 2.24) is 4.90 Å². The lowest BCUT2D eigenvalue weighted by Crippen LogP contribution is -2.38. The number of nitrogens with zero attached hydrogens (tertiary/aromatic N) is 1. The summed E-state index contributed by atoms with van der Waals surface area (Å²) in [5, 5.41) is 5.16. The molecule has 1 N–H and O–H groups in total. The van der Waals surface area contributed by atoms with Crippen molar-refractivity contribution >= 4 is 46.2 Å². The van der Waals surface area contributed by atoms with Crippen molar-refractivity contribution in [2.45, 2.75) is 19.3 Å². The number of benzene rings is 1. The van der Waals surface area contributed by atoms with Crippen LogP contribution in [0.1, 0.15) is 19.3 Å². The molecule has 0 atom stereocenters. The minimum Gasteiger partial charge on any atom is -0.349 e. The molecule has 0 unspecified atom stereocenters. The third kappa shape index (κ3) is 3.73. The Balaban J connectivity index is 2.01. The minimum atomic E-state index is 0.612. The number of hydrogen-bond donors (Lipinski definition) is 1. The van der Waals surface area contributed by atoms with Gasteiger partial charge in [-0.15, -0.1) is 0 Å². The van der Waals surface area contributed by atoms with Crippen LogP contribution in [0.15, 0.2) is 18.2 Å². The van der Waals surface area contributed by atoms with Crippen molar-refractivity contribution in [3.63, 3.8) is 0 Å². The molecular weight excluding hydrogens is 275 g/mol. The lowest BCUT2D eigenvalue weighted by Gasteiger charge is -2.29. The highest BCUT2D eigenvalue weighted by Crippen LogP contribution is 2.23. The highest BCUT2D eigenvalue weighted by Gasteiger charge is 2.13. The first-order valence-electron chi connectivity index (χ1n) is 5.67. The topological polar surface area (TPSA) is 15.3 Å². The average molecular weight is 289 g/mol. The molecule has 17 heavy (non-hydrogen) atoms. The fourth-order valence-electron chi connectivity index (χ4n) is 1.93. The van der Waals surface area contributed by atoms with Gasteiger partial charge in [0.15, 0.2) is 5.11 Å². The molecule has 1 aliphatic rings. The summed E-state index contributed by atoms with van der Waals surface area (Å²) >= 11 is 17.2. The fraction of sp³-hybridized carbons (Fsp3) is 0.417. The maximum Gasteiger partial charge on any atom is 0.173 e. The number of likely N-dealkylation sites (tertiary alicyclic amines) is 1. The Bertz CT molecular complexity index is 397. The molecule has 1 aromatic rings.